The van der Waals surface area contributed by atoms with Crippen LogP contribution in [0.4, 0.5) is 0 Å². The van der Waals surface area contributed by atoms with Crippen LogP contribution in [0.1, 0.15) is 60.3 Å². The first kappa shape index (κ1) is 11.1. The van der Waals surface area contributed by atoms with Crippen LogP contribution >= 0.6 is 0 Å². The predicted octanol–water partition coefficient (Wildman–Crippen LogP) is 4.74. The maximum Gasteiger partial charge on any atom is -0.0289 e. The summed E-state index contributed by atoms with van der Waals surface area (Å²) in [6.45, 7) is 12.7. The summed E-state index contributed by atoms with van der Waals surface area (Å²) in [6, 6.07) is 0. The van der Waals surface area contributed by atoms with Crippen LogP contribution in [0, 0.1) is 40.4 Å². The second-order valence-corrected chi connectivity index (χ2v) is 8.22. The number of hydrogen-bond acceptors (Lipinski definition) is 0. The molecule has 3 aliphatic carbocycles. The summed E-state index contributed by atoms with van der Waals surface area (Å²) in [5, 5.41) is 0. The van der Waals surface area contributed by atoms with Crippen molar-refractivity contribution in [3.63, 3.8) is 0 Å². The topological polar surface area (TPSA) is 0 Å². The summed E-state index contributed by atoms with van der Waals surface area (Å²) >= 11 is 0. The van der Waals surface area contributed by atoms with Gasteiger partial charge in [0.15, 0.2) is 0 Å². The van der Waals surface area contributed by atoms with E-state index >= 15 is 0 Å². The number of rotatable bonds is 0. The Morgan fingerprint density at radius 3 is 2.25 bits per heavy atom. The predicted molar refractivity (Wildman–Crippen MR) is 69.2 cm³/mol. The SMILES string of the molecule is CC1CC[C@H]2[C@@H]1[C@H]1[C@@H](CCC2(C)C)C1(C)C. The van der Waals surface area contributed by atoms with Crippen molar-refractivity contribution in [2.24, 2.45) is 40.4 Å². The molecule has 16 heavy (non-hydrogen) atoms. The molecule has 0 aromatic carbocycles. The Kier molecular flexibility index (Phi) is 2.12. The minimum atomic E-state index is 0.624. The molecule has 0 aromatic rings. The third-order valence-corrected chi connectivity index (χ3v) is 6.71. The van der Waals surface area contributed by atoms with E-state index in [9.17, 15) is 0 Å². The van der Waals surface area contributed by atoms with Crippen LogP contribution in [-0.4, -0.2) is 0 Å². The Bertz CT molecular complexity index is 299. The van der Waals surface area contributed by atoms with Crippen molar-refractivity contribution < 1.29 is 0 Å². The highest BCUT2D eigenvalue weighted by molar-refractivity contribution is 5.14. The Labute approximate surface area is 101 Å². The van der Waals surface area contributed by atoms with Crippen LogP contribution in [-0.2, 0) is 0 Å². The molecule has 0 aromatic heterocycles. The Balaban J connectivity index is 1.94. The van der Waals surface area contributed by atoms with Crippen LogP contribution < -0.4 is 0 Å². The first-order valence-electron chi connectivity index (χ1n) is 7.36. The van der Waals surface area contributed by atoms with Crippen LogP contribution in [0.25, 0.3) is 0 Å². The van der Waals surface area contributed by atoms with Gasteiger partial charge in [-0.1, -0.05) is 41.0 Å². The van der Waals surface area contributed by atoms with Crippen LogP contribution in [0.15, 0.2) is 0 Å². The third-order valence-electron chi connectivity index (χ3n) is 6.71. The smallest absolute Gasteiger partial charge is 0.0289 e. The molecule has 1 unspecified atom stereocenters. The highest BCUT2D eigenvalue weighted by atomic mass is 14.7. The molecule has 3 saturated carbocycles. The van der Waals surface area contributed by atoms with Gasteiger partial charge in [-0.15, -0.1) is 0 Å². The molecule has 3 rings (SSSR count). The van der Waals surface area contributed by atoms with Gasteiger partial charge in [0, 0.05) is 0 Å². The van der Waals surface area contributed by atoms with Gasteiger partial charge >= 0.3 is 0 Å². The van der Waals surface area contributed by atoms with E-state index < -0.39 is 0 Å². The zero-order valence-corrected chi connectivity index (χ0v) is 11.7. The van der Waals surface area contributed by atoms with E-state index in [2.05, 4.69) is 34.6 Å². The molecule has 0 bridgehead atoms. The monoisotopic (exact) mass is 220 g/mol. The molecule has 0 amide bonds. The number of hydrogen-bond donors (Lipinski definition) is 0. The van der Waals surface area contributed by atoms with Gasteiger partial charge in [0.1, 0.15) is 0 Å². The van der Waals surface area contributed by atoms with Crippen molar-refractivity contribution in [2.45, 2.75) is 60.3 Å². The lowest BCUT2D eigenvalue weighted by molar-refractivity contribution is 0.122. The molecule has 5 atom stereocenters. The molecule has 0 saturated heterocycles. The average molecular weight is 220 g/mol. The van der Waals surface area contributed by atoms with Gasteiger partial charge in [0.05, 0.1) is 0 Å². The molecular formula is C16H28. The van der Waals surface area contributed by atoms with E-state index in [0.29, 0.717) is 10.8 Å². The fraction of sp³-hybridized carbons (Fsp3) is 1.00. The Hall–Kier alpha value is 0. The second kappa shape index (κ2) is 3.06. The fourth-order valence-corrected chi connectivity index (χ4v) is 5.56. The van der Waals surface area contributed by atoms with Crippen molar-refractivity contribution in [3.05, 3.63) is 0 Å². The maximum absolute atomic E-state index is 2.54. The largest absolute Gasteiger partial charge is 0.0622 e. The molecule has 0 spiro atoms. The standard InChI is InChI=1S/C16H28/c1-10-6-7-11-13(10)14-12(16(14,4)5)8-9-15(11,2)3/h10-14H,6-9H2,1-5H3/t10?,11-,12+,13+,14+/m0/s1. The van der Waals surface area contributed by atoms with Gasteiger partial charge in [-0.25, -0.2) is 0 Å². The first-order valence-corrected chi connectivity index (χ1v) is 7.36. The summed E-state index contributed by atoms with van der Waals surface area (Å²) in [4.78, 5) is 0. The van der Waals surface area contributed by atoms with E-state index in [-0.39, 0.29) is 0 Å². The minimum Gasteiger partial charge on any atom is -0.0622 e. The van der Waals surface area contributed by atoms with Gasteiger partial charge < -0.3 is 0 Å². The highest BCUT2D eigenvalue weighted by Crippen LogP contribution is 2.72. The average Bonchev–Trinajstić information content (AvgIpc) is 2.51. The molecule has 92 valence electrons. The quantitative estimate of drug-likeness (QED) is 0.553. The van der Waals surface area contributed by atoms with Crippen LogP contribution in [0.5, 0.6) is 0 Å². The van der Waals surface area contributed by atoms with E-state index in [1.54, 1.807) is 0 Å². The summed E-state index contributed by atoms with van der Waals surface area (Å²) in [5.41, 5.74) is 1.30. The molecule has 0 heteroatoms. The normalized spacial score (nSPS) is 52.7. The zero-order chi connectivity index (χ0) is 11.7. The second-order valence-electron chi connectivity index (χ2n) is 8.22. The minimum absolute atomic E-state index is 0.624. The lowest BCUT2D eigenvalue weighted by Crippen LogP contribution is -2.30. The van der Waals surface area contributed by atoms with E-state index in [1.807, 2.05) is 0 Å². The van der Waals surface area contributed by atoms with Crippen molar-refractivity contribution in [2.75, 3.05) is 0 Å². The molecule has 0 nitrogen and oxygen atoms in total. The molecule has 0 N–H and O–H groups in total. The summed E-state index contributed by atoms with van der Waals surface area (Å²) in [6.07, 6.45) is 5.99. The lowest BCUT2D eigenvalue weighted by Gasteiger charge is -2.37. The molecule has 0 heterocycles. The molecule has 3 aliphatic rings. The molecule has 3 fully saturated rings. The van der Waals surface area contributed by atoms with Crippen molar-refractivity contribution in [1.82, 2.24) is 0 Å². The highest BCUT2D eigenvalue weighted by Gasteiger charge is 2.65. The molecule has 0 radical (unpaired) electrons. The van der Waals surface area contributed by atoms with Gasteiger partial charge in [-0.3, -0.25) is 0 Å². The lowest BCUT2D eigenvalue weighted by atomic mass is 9.68. The Morgan fingerprint density at radius 1 is 0.875 bits per heavy atom. The van der Waals surface area contributed by atoms with Crippen LogP contribution in [0.3, 0.4) is 0 Å². The fourth-order valence-electron chi connectivity index (χ4n) is 5.56. The molecule has 0 aliphatic heterocycles. The van der Waals surface area contributed by atoms with E-state index in [4.69, 9.17) is 0 Å². The van der Waals surface area contributed by atoms with E-state index in [0.717, 1.165) is 29.6 Å². The van der Waals surface area contributed by atoms with Gasteiger partial charge in [0.2, 0.25) is 0 Å². The van der Waals surface area contributed by atoms with Gasteiger partial charge in [0.25, 0.3) is 0 Å². The summed E-state index contributed by atoms with van der Waals surface area (Å²) < 4.78 is 0. The van der Waals surface area contributed by atoms with Gasteiger partial charge in [-0.2, -0.15) is 0 Å². The van der Waals surface area contributed by atoms with Crippen molar-refractivity contribution >= 4 is 0 Å². The number of fused-ring (bicyclic) bond motifs is 3. The third kappa shape index (κ3) is 1.28. The van der Waals surface area contributed by atoms with E-state index in [1.165, 1.54) is 25.7 Å². The Morgan fingerprint density at radius 2 is 1.56 bits per heavy atom. The van der Waals surface area contributed by atoms with Crippen molar-refractivity contribution in [1.29, 1.82) is 0 Å². The van der Waals surface area contributed by atoms with Gasteiger partial charge in [-0.05, 0) is 59.7 Å². The van der Waals surface area contributed by atoms with Crippen molar-refractivity contribution in [3.8, 4) is 0 Å². The zero-order valence-electron chi connectivity index (χ0n) is 11.7. The van der Waals surface area contributed by atoms with Crippen LogP contribution in [0.2, 0.25) is 0 Å². The maximum atomic E-state index is 2.54. The first-order chi connectivity index (χ1) is 7.36. The summed E-state index contributed by atoms with van der Waals surface area (Å²) in [5.74, 6) is 5.20. The molecular weight excluding hydrogens is 192 g/mol. The summed E-state index contributed by atoms with van der Waals surface area (Å²) in [7, 11) is 0.